The molecule has 2 aromatic carbocycles. The van der Waals surface area contributed by atoms with Crippen LogP contribution in [0.15, 0.2) is 71.9 Å². The van der Waals surface area contributed by atoms with E-state index in [0.717, 1.165) is 16.7 Å². The predicted molar refractivity (Wildman–Crippen MR) is 118 cm³/mol. The lowest BCUT2D eigenvalue weighted by atomic mass is 9.96. The van der Waals surface area contributed by atoms with Gasteiger partial charge in [0.05, 0.1) is 24.8 Å². The van der Waals surface area contributed by atoms with Gasteiger partial charge in [0.1, 0.15) is 17.5 Å². The first-order valence-corrected chi connectivity index (χ1v) is 9.30. The molecule has 3 rings (SSSR count). The van der Waals surface area contributed by atoms with Crippen LogP contribution in [0.5, 0.6) is 5.75 Å². The van der Waals surface area contributed by atoms with E-state index in [-0.39, 0.29) is 29.7 Å². The van der Waals surface area contributed by atoms with Crippen molar-refractivity contribution in [1.29, 1.82) is 0 Å². The number of rotatable bonds is 7. The van der Waals surface area contributed by atoms with Crippen LogP contribution in [0.4, 0.5) is 5.69 Å². The summed E-state index contributed by atoms with van der Waals surface area (Å²) in [5.74, 6) is 0.0126. The summed E-state index contributed by atoms with van der Waals surface area (Å²) >= 11 is 0. The number of carbonyl (C=O) groups is 1. The summed E-state index contributed by atoms with van der Waals surface area (Å²) in [6, 6.07) is 16.3. The molecule has 1 aromatic heterocycles. The van der Waals surface area contributed by atoms with Gasteiger partial charge in [-0.1, -0.05) is 42.5 Å². The second-order valence-electron chi connectivity index (χ2n) is 6.60. The van der Waals surface area contributed by atoms with Crippen molar-refractivity contribution in [3.8, 4) is 5.75 Å². The summed E-state index contributed by atoms with van der Waals surface area (Å²) in [6.07, 6.45) is 1.48. The molecule has 1 unspecified atom stereocenters. The van der Waals surface area contributed by atoms with Crippen molar-refractivity contribution < 1.29 is 18.4 Å². The monoisotopic (exact) mass is 417 g/mol. The van der Waals surface area contributed by atoms with Gasteiger partial charge in [0.25, 0.3) is 6.02 Å². The molecular formula is C24H22N4O3. The minimum Gasteiger partial charge on any atom is -0.497 e. The maximum absolute atomic E-state index is 12.7. The molecule has 0 bridgehead atoms. The standard InChI is InChI=1S/C24H22N4O3/c1-26-19-9-12-21(27-15-19)22(29)14-16-5-4-6-18(13-16)23(28-24(25)31-3)17-7-10-20(30-2)11-8-17/h4-13,15,23H,14H2,2-3H3,(H2,25,28)/i2D3. The molecular weight excluding hydrogens is 392 g/mol. The molecule has 0 saturated heterocycles. The number of aromatic nitrogens is 1. The van der Waals surface area contributed by atoms with Crippen molar-refractivity contribution in [1.82, 2.24) is 4.98 Å². The van der Waals surface area contributed by atoms with E-state index < -0.39 is 13.1 Å². The zero-order chi connectivity index (χ0) is 24.7. The molecule has 0 fully saturated rings. The third kappa shape index (κ3) is 5.46. The predicted octanol–water partition coefficient (Wildman–Crippen LogP) is 4.12. The van der Waals surface area contributed by atoms with Crippen molar-refractivity contribution in [3.05, 3.63) is 101 Å². The first-order chi connectivity index (χ1) is 16.2. The summed E-state index contributed by atoms with van der Waals surface area (Å²) in [4.78, 5) is 24.4. The Balaban J connectivity index is 1.88. The third-order valence-corrected chi connectivity index (χ3v) is 4.57. The Kier molecular flexibility index (Phi) is 5.71. The third-order valence-electron chi connectivity index (χ3n) is 4.57. The largest absolute Gasteiger partial charge is 0.497 e. The number of hydrogen-bond donors (Lipinski definition) is 1. The van der Waals surface area contributed by atoms with Crippen LogP contribution in [0.2, 0.25) is 0 Å². The van der Waals surface area contributed by atoms with Gasteiger partial charge in [0.2, 0.25) is 5.69 Å². The van der Waals surface area contributed by atoms with Crippen LogP contribution in [-0.4, -0.2) is 30.9 Å². The van der Waals surface area contributed by atoms with Gasteiger partial charge in [-0.25, -0.2) is 9.84 Å². The molecule has 7 nitrogen and oxygen atoms in total. The Hall–Kier alpha value is -4.18. The molecule has 31 heavy (non-hydrogen) atoms. The Morgan fingerprint density at radius 2 is 2.03 bits per heavy atom. The number of nitrogens with two attached hydrogens (primary N) is 1. The van der Waals surface area contributed by atoms with Crippen LogP contribution < -0.4 is 10.5 Å². The fourth-order valence-corrected chi connectivity index (χ4v) is 3.01. The van der Waals surface area contributed by atoms with Gasteiger partial charge in [-0.2, -0.15) is 0 Å². The van der Waals surface area contributed by atoms with E-state index in [2.05, 4.69) is 14.8 Å². The van der Waals surface area contributed by atoms with Gasteiger partial charge >= 0.3 is 0 Å². The number of ketones is 1. The van der Waals surface area contributed by atoms with Crippen LogP contribution in [0.3, 0.4) is 0 Å². The van der Waals surface area contributed by atoms with E-state index in [1.165, 1.54) is 19.4 Å². The highest BCUT2D eigenvalue weighted by Gasteiger charge is 2.16. The number of pyridine rings is 1. The minimum atomic E-state index is -2.55. The van der Waals surface area contributed by atoms with Crippen LogP contribution in [0.25, 0.3) is 4.85 Å². The molecule has 2 N–H and O–H groups in total. The van der Waals surface area contributed by atoms with Crippen LogP contribution in [0, 0.1) is 6.57 Å². The highest BCUT2D eigenvalue weighted by Crippen LogP contribution is 2.28. The Morgan fingerprint density at radius 3 is 2.68 bits per heavy atom. The van der Waals surface area contributed by atoms with Gasteiger partial charge < -0.3 is 15.2 Å². The maximum Gasteiger partial charge on any atom is 0.282 e. The number of hydrogen-bond acceptors (Lipinski definition) is 5. The van der Waals surface area contributed by atoms with Crippen LogP contribution >= 0.6 is 0 Å². The van der Waals surface area contributed by atoms with Gasteiger partial charge in [-0.05, 0) is 34.9 Å². The normalized spacial score (nSPS) is 13.8. The molecule has 3 aromatic rings. The molecule has 0 aliphatic carbocycles. The number of Topliss-reactive ketones (excluding diaryl/α,β-unsaturated/α-hetero) is 1. The lowest BCUT2D eigenvalue weighted by molar-refractivity contribution is 0.0988. The molecule has 1 heterocycles. The second kappa shape index (κ2) is 10.0. The molecule has 0 spiro atoms. The quantitative estimate of drug-likeness (QED) is 0.270. The molecule has 0 aliphatic heterocycles. The van der Waals surface area contributed by atoms with Crippen molar-refractivity contribution in [2.24, 2.45) is 10.7 Å². The van der Waals surface area contributed by atoms with Gasteiger partial charge in [-0.3, -0.25) is 9.78 Å². The van der Waals surface area contributed by atoms with Crippen LogP contribution in [0.1, 0.15) is 37.3 Å². The Morgan fingerprint density at radius 1 is 1.23 bits per heavy atom. The summed E-state index contributed by atoms with van der Waals surface area (Å²) < 4.78 is 31.6. The average Bonchev–Trinajstić information content (AvgIpc) is 2.82. The highest BCUT2D eigenvalue weighted by molar-refractivity contribution is 5.95. The van der Waals surface area contributed by atoms with E-state index in [0.29, 0.717) is 5.69 Å². The van der Waals surface area contributed by atoms with Gasteiger partial charge in [0, 0.05) is 12.6 Å². The van der Waals surface area contributed by atoms with Crippen LogP contribution in [-0.2, 0) is 11.2 Å². The fourth-order valence-electron chi connectivity index (χ4n) is 3.01. The molecule has 156 valence electrons. The number of methoxy groups -OCH3 is 2. The SMILES string of the molecule is [2H]C([2H])([2H])Oc1ccc(C(N=C(N)OC)c2cccc(CC(=O)c3ccc([N+]#[C-])cn3)c2)cc1. The zero-order valence-corrected chi connectivity index (χ0v) is 16.8. The van der Waals surface area contributed by atoms with Crippen molar-refractivity contribution in [3.63, 3.8) is 0 Å². The van der Waals surface area contributed by atoms with E-state index >= 15 is 0 Å². The van der Waals surface area contributed by atoms with E-state index in [1.54, 1.807) is 30.3 Å². The molecule has 1 atom stereocenters. The minimum absolute atomic E-state index is 0.0293. The molecule has 0 saturated carbocycles. The highest BCUT2D eigenvalue weighted by atomic mass is 16.5. The summed E-state index contributed by atoms with van der Waals surface area (Å²) in [6.45, 7) is 6.99. The number of ether oxygens (including phenoxy) is 2. The van der Waals surface area contributed by atoms with Crippen molar-refractivity contribution >= 4 is 17.5 Å². The fraction of sp³-hybridized carbons (Fsp3) is 0.167. The number of carbonyl (C=O) groups excluding carboxylic acids is 1. The maximum atomic E-state index is 12.7. The Labute approximate surface area is 185 Å². The summed E-state index contributed by atoms with van der Waals surface area (Å²) in [5.41, 5.74) is 8.69. The zero-order valence-electron chi connectivity index (χ0n) is 19.8. The lowest BCUT2D eigenvalue weighted by Gasteiger charge is -2.16. The average molecular weight is 417 g/mol. The number of aliphatic imine (C=N–C) groups is 1. The number of nitrogens with zero attached hydrogens (tertiary/aromatic N) is 3. The van der Waals surface area contributed by atoms with Gasteiger partial charge in [-0.15, -0.1) is 0 Å². The Bertz CT molecular complexity index is 1220. The topological polar surface area (TPSA) is 91.2 Å². The molecule has 0 amide bonds. The van der Waals surface area contributed by atoms with Crippen molar-refractivity contribution in [2.45, 2.75) is 12.5 Å². The molecule has 0 aliphatic rings. The van der Waals surface area contributed by atoms with Crippen molar-refractivity contribution in [2.75, 3.05) is 14.1 Å². The first kappa shape index (κ1) is 17.7. The molecule has 0 radical (unpaired) electrons. The van der Waals surface area contributed by atoms with E-state index in [1.807, 2.05) is 24.3 Å². The smallest absolute Gasteiger partial charge is 0.282 e. The second-order valence-corrected chi connectivity index (χ2v) is 6.60. The van der Waals surface area contributed by atoms with E-state index in [9.17, 15) is 4.79 Å². The summed E-state index contributed by atoms with van der Waals surface area (Å²) in [7, 11) is -1.14. The summed E-state index contributed by atoms with van der Waals surface area (Å²) in [5, 5.41) is 0. The van der Waals surface area contributed by atoms with E-state index in [4.69, 9.17) is 25.9 Å². The first-order valence-electron chi connectivity index (χ1n) is 10.8. The van der Waals surface area contributed by atoms with Gasteiger partial charge in [0.15, 0.2) is 5.78 Å². The number of amidine groups is 1. The number of benzene rings is 2. The lowest BCUT2D eigenvalue weighted by Crippen LogP contribution is -2.16. The molecule has 7 heteroatoms.